The van der Waals surface area contributed by atoms with Crippen LogP contribution in [0.1, 0.15) is 35.3 Å². The zero-order chi connectivity index (χ0) is 17.2. The smallest absolute Gasteiger partial charge is 0.271 e. The molecule has 1 fully saturated rings. The van der Waals surface area contributed by atoms with Gasteiger partial charge in [0.2, 0.25) is 5.89 Å². The SMILES string of the molecule is CNC(=O)c1ccn([C@@H]2CCCN(Cc3nc4ccccc4o3)C2)n1. The van der Waals surface area contributed by atoms with Crippen molar-refractivity contribution in [2.75, 3.05) is 20.1 Å². The second-order valence-electron chi connectivity index (χ2n) is 6.37. The van der Waals surface area contributed by atoms with Gasteiger partial charge in [0, 0.05) is 19.8 Å². The highest BCUT2D eigenvalue weighted by Crippen LogP contribution is 2.23. The van der Waals surface area contributed by atoms with E-state index in [-0.39, 0.29) is 11.9 Å². The van der Waals surface area contributed by atoms with Crippen LogP contribution in [-0.4, -0.2) is 45.7 Å². The van der Waals surface area contributed by atoms with Gasteiger partial charge < -0.3 is 9.73 Å². The first-order valence-electron chi connectivity index (χ1n) is 8.57. The Kier molecular flexibility index (Phi) is 4.23. The molecule has 0 saturated carbocycles. The molecule has 0 unspecified atom stereocenters. The summed E-state index contributed by atoms with van der Waals surface area (Å²) in [5.74, 6) is 0.589. The van der Waals surface area contributed by atoms with Crippen molar-refractivity contribution in [2.45, 2.75) is 25.4 Å². The third-order valence-corrected chi connectivity index (χ3v) is 4.62. The number of rotatable bonds is 4. The maximum absolute atomic E-state index is 11.7. The predicted molar refractivity (Wildman–Crippen MR) is 93.2 cm³/mol. The van der Waals surface area contributed by atoms with Gasteiger partial charge in [-0.3, -0.25) is 14.4 Å². The van der Waals surface area contributed by atoms with E-state index in [1.54, 1.807) is 13.1 Å². The fourth-order valence-corrected chi connectivity index (χ4v) is 3.36. The van der Waals surface area contributed by atoms with Crippen LogP contribution < -0.4 is 5.32 Å². The van der Waals surface area contributed by atoms with Crippen molar-refractivity contribution in [3.8, 4) is 0 Å². The first-order chi connectivity index (χ1) is 12.2. The number of nitrogens with zero attached hydrogens (tertiary/aromatic N) is 4. The van der Waals surface area contributed by atoms with Crippen LogP contribution in [-0.2, 0) is 6.54 Å². The van der Waals surface area contributed by atoms with Crippen LogP contribution in [0.2, 0.25) is 0 Å². The lowest BCUT2D eigenvalue weighted by atomic mass is 10.1. The quantitative estimate of drug-likeness (QED) is 0.789. The summed E-state index contributed by atoms with van der Waals surface area (Å²) < 4.78 is 7.74. The van der Waals surface area contributed by atoms with Gasteiger partial charge in [0.15, 0.2) is 5.58 Å². The lowest BCUT2D eigenvalue weighted by Crippen LogP contribution is -2.36. The van der Waals surface area contributed by atoms with Crippen LogP contribution >= 0.6 is 0 Å². The van der Waals surface area contributed by atoms with Crippen molar-refractivity contribution >= 4 is 17.0 Å². The molecule has 1 amide bonds. The molecule has 3 heterocycles. The number of benzene rings is 1. The number of nitrogens with one attached hydrogen (secondary N) is 1. The molecule has 1 N–H and O–H groups in total. The first kappa shape index (κ1) is 15.8. The average molecular weight is 339 g/mol. The number of piperidine rings is 1. The molecule has 1 atom stereocenters. The van der Waals surface area contributed by atoms with Crippen molar-refractivity contribution in [1.82, 2.24) is 25.0 Å². The number of carbonyl (C=O) groups is 1. The molecular formula is C18H21N5O2. The van der Waals surface area contributed by atoms with Crippen LogP contribution in [0.25, 0.3) is 11.1 Å². The first-order valence-corrected chi connectivity index (χ1v) is 8.57. The van der Waals surface area contributed by atoms with Crippen LogP contribution in [0.5, 0.6) is 0 Å². The minimum Gasteiger partial charge on any atom is -0.439 e. The summed E-state index contributed by atoms with van der Waals surface area (Å²) in [6, 6.07) is 9.85. The molecule has 130 valence electrons. The number of aromatic nitrogens is 3. The predicted octanol–water partition coefficient (Wildman–Crippen LogP) is 2.22. The largest absolute Gasteiger partial charge is 0.439 e. The number of oxazole rings is 1. The molecule has 0 aliphatic carbocycles. The van der Waals surface area contributed by atoms with Crippen molar-refractivity contribution < 1.29 is 9.21 Å². The Morgan fingerprint density at radius 2 is 2.24 bits per heavy atom. The van der Waals surface area contributed by atoms with Crippen molar-refractivity contribution in [1.29, 1.82) is 0 Å². The second-order valence-corrected chi connectivity index (χ2v) is 6.37. The summed E-state index contributed by atoms with van der Waals surface area (Å²) in [5, 5.41) is 7.03. The normalized spacial score (nSPS) is 18.5. The van der Waals surface area contributed by atoms with Crippen LogP contribution in [0.4, 0.5) is 0 Å². The minimum absolute atomic E-state index is 0.155. The lowest BCUT2D eigenvalue weighted by Gasteiger charge is -2.31. The fourth-order valence-electron chi connectivity index (χ4n) is 3.36. The van der Waals surface area contributed by atoms with Gasteiger partial charge >= 0.3 is 0 Å². The summed E-state index contributed by atoms with van der Waals surface area (Å²) in [6.45, 7) is 2.57. The van der Waals surface area contributed by atoms with Crippen molar-refractivity contribution in [3.63, 3.8) is 0 Å². The monoisotopic (exact) mass is 339 g/mol. The molecule has 7 nitrogen and oxygen atoms in total. The fraction of sp³-hybridized carbons (Fsp3) is 0.389. The van der Waals surface area contributed by atoms with Gasteiger partial charge in [0.05, 0.1) is 12.6 Å². The van der Waals surface area contributed by atoms with Crippen molar-refractivity contribution in [2.24, 2.45) is 0 Å². The standard InChI is InChI=1S/C18H21N5O2/c1-19-18(24)15-8-10-23(21-15)13-5-4-9-22(11-13)12-17-20-14-6-2-3-7-16(14)25-17/h2-3,6-8,10,13H,4-5,9,11-12H2,1H3,(H,19,24)/t13-/m1/s1. The molecule has 1 saturated heterocycles. The molecule has 1 aliphatic rings. The summed E-state index contributed by atoms with van der Waals surface area (Å²) in [7, 11) is 1.62. The minimum atomic E-state index is -0.155. The highest BCUT2D eigenvalue weighted by atomic mass is 16.3. The Morgan fingerprint density at radius 1 is 1.36 bits per heavy atom. The molecule has 0 spiro atoms. The Balaban J connectivity index is 1.45. The number of carbonyl (C=O) groups excluding carboxylic acids is 1. The van der Waals surface area contributed by atoms with E-state index in [0.29, 0.717) is 12.2 Å². The highest BCUT2D eigenvalue weighted by Gasteiger charge is 2.24. The van der Waals surface area contributed by atoms with E-state index in [0.717, 1.165) is 42.9 Å². The van der Waals surface area contributed by atoms with E-state index in [9.17, 15) is 4.79 Å². The van der Waals surface area contributed by atoms with Gasteiger partial charge in [-0.05, 0) is 37.6 Å². The third kappa shape index (κ3) is 3.28. The van der Waals surface area contributed by atoms with E-state index >= 15 is 0 Å². The molecule has 0 bridgehead atoms. The van der Waals surface area contributed by atoms with E-state index in [4.69, 9.17) is 4.42 Å². The lowest BCUT2D eigenvalue weighted by molar-refractivity contribution is 0.0955. The van der Waals surface area contributed by atoms with Gasteiger partial charge in [0.25, 0.3) is 5.91 Å². The Bertz CT molecular complexity index is 851. The topological polar surface area (TPSA) is 76.2 Å². The number of amides is 1. The molecule has 1 aromatic carbocycles. The molecule has 2 aromatic heterocycles. The maximum Gasteiger partial charge on any atom is 0.271 e. The summed E-state index contributed by atoms with van der Waals surface area (Å²) in [6.07, 6.45) is 4.02. The van der Waals surface area contributed by atoms with Gasteiger partial charge in [0.1, 0.15) is 11.2 Å². The van der Waals surface area contributed by atoms with Crippen LogP contribution in [0.3, 0.4) is 0 Å². The Hall–Kier alpha value is -2.67. The van der Waals surface area contributed by atoms with Gasteiger partial charge in [-0.15, -0.1) is 0 Å². The molecule has 4 rings (SSSR count). The molecule has 3 aromatic rings. The van der Waals surface area contributed by atoms with Crippen LogP contribution in [0, 0.1) is 0 Å². The van der Waals surface area contributed by atoms with E-state index in [2.05, 4.69) is 20.3 Å². The van der Waals surface area contributed by atoms with Gasteiger partial charge in [-0.25, -0.2) is 4.98 Å². The number of hydrogen-bond donors (Lipinski definition) is 1. The Morgan fingerprint density at radius 3 is 3.08 bits per heavy atom. The average Bonchev–Trinajstić information content (AvgIpc) is 3.28. The maximum atomic E-state index is 11.7. The third-order valence-electron chi connectivity index (χ3n) is 4.62. The van der Waals surface area contributed by atoms with E-state index in [1.807, 2.05) is 35.1 Å². The molecule has 25 heavy (non-hydrogen) atoms. The number of fused-ring (bicyclic) bond motifs is 1. The summed E-state index contributed by atoms with van der Waals surface area (Å²) >= 11 is 0. The van der Waals surface area contributed by atoms with Gasteiger partial charge in [-0.2, -0.15) is 5.10 Å². The zero-order valence-corrected chi connectivity index (χ0v) is 14.2. The van der Waals surface area contributed by atoms with Gasteiger partial charge in [-0.1, -0.05) is 12.1 Å². The van der Waals surface area contributed by atoms with E-state index in [1.165, 1.54) is 0 Å². The molecular weight excluding hydrogens is 318 g/mol. The summed E-state index contributed by atoms with van der Waals surface area (Å²) in [4.78, 5) is 18.6. The highest BCUT2D eigenvalue weighted by molar-refractivity contribution is 5.91. The second kappa shape index (κ2) is 6.68. The molecule has 1 aliphatic heterocycles. The zero-order valence-electron chi connectivity index (χ0n) is 14.2. The molecule has 7 heteroatoms. The number of likely N-dealkylation sites (tertiary alicyclic amines) is 1. The summed E-state index contributed by atoms with van der Waals surface area (Å²) in [5.41, 5.74) is 2.18. The van der Waals surface area contributed by atoms with Crippen molar-refractivity contribution in [3.05, 3.63) is 48.1 Å². The number of para-hydroxylation sites is 2. The number of hydrogen-bond acceptors (Lipinski definition) is 5. The Labute approximate surface area is 145 Å². The van der Waals surface area contributed by atoms with Crippen LogP contribution in [0.15, 0.2) is 40.9 Å². The molecule has 0 radical (unpaired) electrons. The van der Waals surface area contributed by atoms with E-state index < -0.39 is 0 Å².